The van der Waals surface area contributed by atoms with E-state index in [2.05, 4.69) is 0 Å². The van der Waals surface area contributed by atoms with Crippen LogP contribution in [0.2, 0.25) is 0 Å². The maximum atomic E-state index is 11.7. The van der Waals surface area contributed by atoms with Gasteiger partial charge in [0.05, 0.1) is 26.7 Å². The van der Waals surface area contributed by atoms with Crippen LogP contribution in [0.3, 0.4) is 0 Å². The van der Waals surface area contributed by atoms with Gasteiger partial charge in [0.1, 0.15) is 0 Å². The Bertz CT molecular complexity index is 447. The SMILES string of the molecule is CCOC(=O)CN(Cc1ccccc1)[C@@H](C)CC(=O)OC. The van der Waals surface area contributed by atoms with E-state index in [0.717, 1.165) is 5.56 Å². The molecular formula is C16H23NO4. The van der Waals surface area contributed by atoms with Gasteiger partial charge in [0, 0.05) is 12.6 Å². The van der Waals surface area contributed by atoms with E-state index in [1.165, 1.54) is 7.11 Å². The summed E-state index contributed by atoms with van der Waals surface area (Å²) in [4.78, 5) is 25.1. The van der Waals surface area contributed by atoms with Crippen LogP contribution in [0.5, 0.6) is 0 Å². The Morgan fingerprint density at radius 3 is 2.43 bits per heavy atom. The molecule has 5 nitrogen and oxygen atoms in total. The van der Waals surface area contributed by atoms with Gasteiger partial charge in [-0.05, 0) is 19.4 Å². The van der Waals surface area contributed by atoms with E-state index in [0.29, 0.717) is 13.2 Å². The van der Waals surface area contributed by atoms with Crippen LogP contribution in [-0.4, -0.2) is 43.1 Å². The van der Waals surface area contributed by atoms with Crippen LogP contribution in [0.1, 0.15) is 25.8 Å². The fourth-order valence-corrected chi connectivity index (χ4v) is 2.01. The summed E-state index contributed by atoms with van der Waals surface area (Å²) in [6.45, 7) is 4.76. The summed E-state index contributed by atoms with van der Waals surface area (Å²) in [5.74, 6) is -0.574. The van der Waals surface area contributed by atoms with Gasteiger partial charge in [0.2, 0.25) is 0 Å². The van der Waals surface area contributed by atoms with E-state index < -0.39 is 0 Å². The molecule has 21 heavy (non-hydrogen) atoms. The van der Waals surface area contributed by atoms with Crippen LogP contribution in [0.4, 0.5) is 0 Å². The molecule has 116 valence electrons. The minimum absolute atomic E-state index is 0.109. The van der Waals surface area contributed by atoms with Gasteiger partial charge < -0.3 is 9.47 Å². The van der Waals surface area contributed by atoms with Crippen molar-refractivity contribution in [2.75, 3.05) is 20.3 Å². The number of methoxy groups -OCH3 is 1. The molecule has 0 aliphatic heterocycles. The topological polar surface area (TPSA) is 55.8 Å². The highest BCUT2D eigenvalue weighted by Gasteiger charge is 2.21. The zero-order valence-corrected chi connectivity index (χ0v) is 12.9. The minimum Gasteiger partial charge on any atom is -0.469 e. The van der Waals surface area contributed by atoms with Crippen molar-refractivity contribution in [3.05, 3.63) is 35.9 Å². The number of hydrogen-bond donors (Lipinski definition) is 0. The number of rotatable bonds is 8. The standard InChI is InChI=1S/C16H23NO4/c1-4-21-16(19)12-17(13(2)10-15(18)20-3)11-14-8-6-5-7-9-14/h5-9,13H,4,10-12H2,1-3H3/t13-/m0/s1. The van der Waals surface area contributed by atoms with Crippen LogP contribution >= 0.6 is 0 Å². The van der Waals surface area contributed by atoms with Crippen LogP contribution in [-0.2, 0) is 25.6 Å². The molecule has 0 amide bonds. The second kappa shape index (κ2) is 9.13. The quantitative estimate of drug-likeness (QED) is 0.686. The summed E-state index contributed by atoms with van der Waals surface area (Å²) in [6.07, 6.45) is 0.239. The number of esters is 2. The average molecular weight is 293 g/mol. The molecule has 1 rings (SSSR count). The molecule has 1 aromatic rings. The summed E-state index contributed by atoms with van der Waals surface area (Å²) in [6, 6.07) is 9.71. The van der Waals surface area contributed by atoms with Crippen molar-refractivity contribution in [3.8, 4) is 0 Å². The lowest BCUT2D eigenvalue weighted by Crippen LogP contribution is -2.39. The Hall–Kier alpha value is -1.88. The fraction of sp³-hybridized carbons (Fsp3) is 0.500. The zero-order chi connectivity index (χ0) is 15.7. The molecule has 0 unspecified atom stereocenters. The van der Waals surface area contributed by atoms with Gasteiger partial charge in [-0.1, -0.05) is 30.3 Å². The highest BCUT2D eigenvalue weighted by atomic mass is 16.5. The highest BCUT2D eigenvalue weighted by Crippen LogP contribution is 2.11. The first-order chi connectivity index (χ1) is 10.1. The van der Waals surface area contributed by atoms with Crippen molar-refractivity contribution in [3.63, 3.8) is 0 Å². The largest absolute Gasteiger partial charge is 0.469 e. The van der Waals surface area contributed by atoms with E-state index in [1.54, 1.807) is 6.92 Å². The average Bonchev–Trinajstić information content (AvgIpc) is 2.47. The molecule has 0 N–H and O–H groups in total. The summed E-state index contributed by atoms with van der Waals surface area (Å²) >= 11 is 0. The Labute approximate surface area is 125 Å². The normalized spacial score (nSPS) is 12.0. The lowest BCUT2D eigenvalue weighted by molar-refractivity contribution is -0.147. The summed E-state index contributed by atoms with van der Waals surface area (Å²) in [5, 5.41) is 0. The summed E-state index contributed by atoms with van der Waals surface area (Å²) in [5.41, 5.74) is 1.08. The highest BCUT2D eigenvalue weighted by molar-refractivity contribution is 5.72. The van der Waals surface area contributed by atoms with Gasteiger partial charge in [0.15, 0.2) is 0 Å². The lowest BCUT2D eigenvalue weighted by Gasteiger charge is -2.27. The number of benzene rings is 1. The summed E-state index contributed by atoms with van der Waals surface area (Å²) < 4.78 is 9.69. The molecule has 0 heterocycles. The van der Waals surface area contributed by atoms with Crippen LogP contribution in [0.25, 0.3) is 0 Å². The number of carbonyl (C=O) groups excluding carboxylic acids is 2. The van der Waals surface area contributed by atoms with Gasteiger partial charge in [-0.2, -0.15) is 0 Å². The van der Waals surface area contributed by atoms with Crippen molar-refractivity contribution >= 4 is 11.9 Å². The summed E-state index contributed by atoms with van der Waals surface area (Å²) in [7, 11) is 1.36. The number of nitrogens with zero attached hydrogens (tertiary/aromatic N) is 1. The molecule has 5 heteroatoms. The van der Waals surface area contributed by atoms with Crippen molar-refractivity contribution in [2.24, 2.45) is 0 Å². The van der Waals surface area contributed by atoms with Crippen molar-refractivity contribution in [1.82, 2.24) is 4.90 Å². The van der Waals surface area contributed by atoms with Crippen LogP contribution in [0.15, 0.2) is 30.3 Å². The van der Waals surface area contributed by atoms with Crippen LogP contribution < -0.4 is 0 Å². The molecule has 0 aromatic heterocycles. The van der Waals surface area contributed by atoms with Gasteiger partial charge in [-0.15, -0.1) is 0 Å². The first-order valence-corrected chi connectivity index (χ1v) is 7.07. The Balaban J connectivity index is 2.73. The Morgan fingerprint density at radius 1 is 1.19 bits per heavy atom. The van der Waals surface area contributed by atoms with Crippen molar-refractivity contribution in [1.29, 1.82) is 0 Å². The van der Waals surface area contributed by atoms with Gasteiger partial charge in [-0.3, -0.25) is 14.5 Å². The molecule has 0 aliphatic rings. The molecule has 0 fully saturated rings. The second-order valence-corrected chi connectivity index (χ2v) is 4.82. The molecule has 0 spiro atoms. The molecule has 0 saturated carbocycles. The monoisotopic (exact) mass is 293 g/mol. The predicted molar refractivity (Wildman–Crippen MR) is 79.6 cm³/mol. The third-order valence-corrected chi connectivity index (χ3v) is 3.18. The van der Waals surface area contributed by atoms with Crippen molar-refractivity contribution < 1.29 is 19.1 Å². The zero-order valence-electron chi connectivity index (χ0n) is 12.9. The maximum absolute atomic E-state index is 11.7. The first kappa shape index (κ1) is 17.2. The fourth-order valence-electron chi connectivity index (χ4n) is 2.01. The van der Waals surface area contributed by atoms with Gasteiger partial charge in [-0.25, -0.2) is 0 Å². The maximum Gasteiger partial charge on any atom is 0.320 e. The van der Waals surface area contributed by atoms with Gasteiger partial charge >= 0.3 is 11.9 Å². The predicted octanol–water partition coefficient (Wildman–Crippen LogP) is 2.00. The molecular weight excluding hydrogens is 270 g/mol. The lowest BCUT2D eigenvalue weighted by atomic mass is 10.1. The minimum atomic E-state index is -0.288. The number of carbonyl (C=O) groups is 2. The van der Waals surface area contributed by atoms with Crippen LogP contribution in [0, 0.1) is 0 Å². The van der Waals surface area contributed by atoms with E-state index in [-0.39, 0.29) is 30.9 Å². The Kier molecular flexibility index (Phi) is 7.46. The first-order valence-electron chi connectivity index (χ1n) is 7.07. The third kappa shape index (κ3) is 6.40. The van der Waals surface area contributed by atoms with E-state index in [4.69, 9.17) is 9.47 Å². The number of hydrogen-bond acceptors (Lipinski definition) is 5. The smallest absolute Gasteiger partial charge is 0.320 e. The van der Waals surface area contributed by atoms with E-state index in [1.807, 2.05) is 42.2 Å². The van der Waals surface area contributed by atoms with E-state index in [9.17, 15) is 9.59 Å². The molecule has 0 radical (unpaired) electrons. The second-order valence-electron chi connectivity index (χ2n) is 4.82. The van der Waals surface area contributed by atoms with Gasteiger partial charge in [0.25, 0.3) is 0 Å². The number of ether oxygens (including phenoxy) is 2. The third-order valence-electron chi connectivity index (χ3n) is 3.18. The molecule has 1 aromatic carbocycles. The molecule has 1 atom stereocenters. The molecule has 0 saturated heterocycles. The van der Waals surface area contributed by atoms with E-state index >= 15 is 0 Å². The molecule has 0 aliphatic carbocycles. The Morgan fingerprint density at radius 2 is 1.86 bits per heavy atom. The molecule has 0 bridgehead atoms. The van der Waals surface area contributed by atoms with Crippen molar-refractivity contribution in [2.45, 2.75) is 32.9 Å².